The number of ether oxygens (including phenoxy) is 1. The number of amides is 2. The summed E-state index contributed by atoms with van der Waals surface area (Å²) in [6, 6.07) is 16.9. The SMILES string of the molecule is COc1ccccc1NC(=O)CN1C(=O)C(=CC(C)=Cc2ccccc2)SC1=S. The predicted octanol–water partition coefficient (Wildman–Crippen LogP) is 4.48. The molecule has 2 aromatic rings. The minimum Gasteiger partial charge on any atom is -0.495 e. The van der Waals surface area contributed by atoms with Crippen molar-refractivity contribution in [2.45, 2.75) is 6.92 Å². The number of hydrogen-bond donors (Lipinski definition) is 1. The minimum absolute atomic E-state index is 0.151. The number of nitrogens with zero attached hydrogens (tertiary/aromatic N) is 1. The molecule has 0 spiro atoms. The van der Waals surface area contributed by atoms with E-state index < -0.39 is 0 Å². The van der Waals surface area contributed by atoms with Crippen LogP contribution in [0.25, 0.3) is 6.08 Å². The van der Waals surface area contributed by atoms with Crippen LogP contribution in [0.4, 0.5) is 5.69 Å². The van der Waals surface area contributed by atoms with Gasteiger partial charge in [0, 0.05) is 0 Å². The lowest BCUT2D eigenvalue weighted by molar-refractivity contribution is -0.126. The third-order valence-corrected chi connectivity index (χ3v) is 5.49. The summed E-state index contributed by atoms with van der Waals surface area (Å²) >= 11 is 6.51. The van der Waals surface area contributed by atoms with Crippen molar-refractivity contribution in [2.75, 3.05) is 19.0 Å². The molecule has 29 heavy (non-hydrogen) atoms. The maximum absolute atomic E-state index is 12.7. The van der Waals surface area contributed by atoms with Gasteiger partial charge in [0.1, 0.15) is 16.6 Å². The van der Waals surface area contributed by atoms with E-state index in [0.717, 1.165) is 11.1 Å². The van der Waals surface area contributed by atoms with E-state index in [0.29, 0.717) is 20.7 Å². The van der Waals surface area contributed by atoms with E-state index in [1.54, 1.807) is 24.3 Å². The Kier molecular flexibility index (Phi) is 6.85. The van der Waals surface area contributed by atoms with Crippen molar-refractivity contribution in [3.05, 3.63) is 76.7 Å². The summed E-state index contributed by atoms with van der Waals surface area (Å²) in [4.78, 5) is 27.0. The van der Waals surface area contributed by atoms with E-state index in [4.69, 9.17) is 17.0 Å². The summed E-state index contributed by atoms with van der Waals surface area (Å²) in [5.74, 6) is -0.0626. The third-order valence-electron chi connectivity index (χ3n) is 4.11. The van der Waals surface area contributed by atoms with E-state index in [-0.39, 0.29) is 18.4 Å². The lowest BCUT2D eigenvalue weighted by Gasteiger charge is -2.15. The second kappa shape index (κ2) is 9.54. The van der Waals surface area contributed by atoms with Gasteiger partial charge in [-0.15, -0.1) is 0 Å². The number of carbonyl (C=O) groups is 2. The summed E-state index contributed by atoms with van der Waals surface area (Å²) in [6.45, 7) is 1.77. The van der Waals surface area contributed by atoms with Crippen molar-refractivity contribution >= 4 is 51.9 Å². The largest absolute Gasteiger partial charge is 0.495 e. The molecule has 0 saturated carbocycles. The molecule has 0 unspecified atom stereocenters. The molecule has 0 atom stereocenters. The number of hydrogen-bond acceptors (Lipinski definition) is 5. The average Bonchev–Trinajstić information content (AvgIpc) is 2.96. The van der Waals surface area contributed by atoms with Crippen LogP contribution in [0.15, 0.2) is 71.2 Å². The quantitative estimate of drug-likeness (QED) is 0.547. The van der Waals surface area contributed by atoms with Crippen LogP contribution in [0.1, 0.15) is 12.5 Å². The van der Waals surface area contributed by atoms with Crippen LogP contribution in [0.5, 0.6) is 5.75 Å². The second-order valence-corrected chi connectivity index (χ2v) is 7.99. The number of thiocarbonyl (C=S) groups is 1. The Labute approximate surface area is 179 Å². The van der Waals surface area contributed by atoms with Gasteiger partial charge in [0.05, 0.1) is 17.7 Å². The van der Waals surface area contributed by atoms with Gasteiger partial charge in [0.15, 0.2) is 0 Å². The Morgan fingerprint density at radius 1 is 1.17 bits per heavy atom. The van der Waals surface area contributed by atoms with Crippen molar-refractivity contribution in [2.24, 2.45) is 0 Å². The van der Waals surface area contributed by atoms with Gasteiger partial charge in [-0.05, 0) is 36.3 Å². The molecule has 0 bridgehead atoms. The molecule has 0 aliphatic carbocycles. The van der Waals surface area contributed by atoms with Crippen molar-refractivity contribution in [1.29, 1.82) is 0 Å². The van der Waals surface area contributed by atoms with Gasteiger partial charge in [-0.25, -0.2) is 0 Å². The van der Waals surface area contributed by atoms with Gasteiger partial charge in [0.25, 0.3) is 5.91 Å². The molecule has 0 radical (unpaired) electrons. The van der Waals surface area contributed by atoms with Gasteiger partial charge in [-0.3, -0.25) is 14.5 Å². The minimum atomic E-state index is -0.344. The monoisotopic (exact) mass is 424 g/mol. The smallest absolute Gasteiger partial charge is 0.266 e. The lowest BCUT2D eigenvalue weighted by atomic mass is 10.1. The van der Waals surface area contributed by atoms with Crippen molar-refractivity contribution in [3.8, 4) is 5.75 Å². The molecular weight excluding hydrogens is 404 g/mol. The van der Waals surface area contributed by atoms with E-state index in [9.17, 15) is 9.59 Å². The molecule has 1 aliphatic heterocycles. The molecular formula is C22H20N2O3S2. The average molecular weight is 425 g/mol. The van der Waals surface area contributed by atoms with Crippen LogP contribution in [0, 0.1) is 0 Å². The van der Waals surface area contributed by atoms with Crippen LogP contribution in [-0.4, -0.2) is 34.7 Å². The molecule has 3 rings (SSSR count). The number of nitrogens with one attached hydrogen (secondary N) is 1. The van der Waals surface area contributed by atoms with E-state index in [1.807, 2.05) is 49.4 Å². The molecule has 1 saturated heterocycles. The standard InChI is InChI=1S/C22H20N2O3S2/c1-15(12-16-8-4-3-5-9-16)13-19-21(26)24(22(28)29-19)14-20(25)23-17-10-6-7-11-18(17)27-2/h3-13H,14H2,1-2H3,(H,23,25). The zero-order chi connectivity index (χ0) is 20.8. The third kappa shape index (κ3) is 5.34. The maximum Gasteiger partial charge on any atom is 0.266 e. The van der Waals surface area contributed by atoms with Crippen LogP contribution < -0.4 is 10.1 Å². The van der Waals surface area contributed by atoms with Gasteiger partial charge in [-0.1, -0.05) is 72.5 Å². The van der Waals surface area contributed by atoms with Crippen LogP contribution in [-0.2, 0) is 9.59 Å². The number of benzene rings is 2. The number of carbonyl (C=O) groups excluding carboxylic acids is 2. The number of anilines is 1. The van der Waals surface area contributed by atoms with E-state index in [2.05, 4.69) is 5.32 Å². The molecule has 5 nitrogen and oxygen atoms in total. The van der Waals surface area contributed by atoms with Crippen LogP contribution >= 0.6 is 24.0 Å². The molecule has 2 aromatic carbocycles. The summed E-state index contributed by atoms with van der Waals surface area (Å²) in [7, 11) is 1.53. The fourth-order valence-corrected chi connectivity index (χ4v) is 4.08. The van der Waals surface area contributed by atoms with Crippen molar-refractivity contribution in [1.82, 2.24) is 4.90 Å². The topological polar surface area (TPSA) is 58.6 Å². The Morgan fingerprint density at radius 3 is 2.59 bits per heavy atom. The lowest BCUT2D eigenvalue weighted by Crippen LogP contribution is -2.36. The molecule has 148 valence electrons. The van der Waals surface area contributed by atoms with Gasteiger partial charge in [-0.2, -0.15) is 0 Å². The Morgan fingerprint density at radius 2 is 1.86 bits per heavy atom. The number of rotatable bonds is 6. The second-order valence-electron chi connectivity index (χ2n) is 6.32. The zero-order valence-corrected chi connectivity index (χ0v) is 17.7. The fraction of sp³-hybridized carbons (Fsp3) is 0.136. The van der Waals surface area contributed by atoms with Gasteiger partial charge >= 0.3 is 0 Å². The Bertz CT molecular complexity index is 1000. The zero-order valence-electron chi connectivity index (χ0n) is 16.0. The molecule has 1 fully saturated rings. The molecule has 2 amide bonds. The van der Waals surface area contributed by atoms with Crippen molar-refractivity contribution < 1.29 is 14.3 Å². The first-order chi connectivity index (χ1) is 14.0. The number of para-hydroxylation sites is 2. The van der Waals surface area contributed by atoms with Gasteiger partial charge < -0.3 is 10.1 Å². The van der Waals surface area contributed by atoms with Crippen LogP contribution in [0.3, 0.4) is 0 Å². The number of thioether (sulfide) groups is 1. The molecule has 1 N–H and O–H groups in total. The first-order valence-electron chi connectivity index (χ1n) is 8.89. The summed E-state index contributed by atoms with van der Waals surface area (Å²) in [5, 5.41) is 2.76. The first-order valence-corrected chi connectivity index (χ1v) is 10.1. The molecule has 1 heterocycles. The summed E-state index contributed by atoms with van der Waals surface area (Å²) in [5.41, 5.74) is 2.52. The Hall–Kier alpha value is -2.90. The predicted molar refractivity (Wildman–Crippen MR) is 122 cm³/mol. The summed E-state index contributed by atoms with van der Waals surface area (Å²) in [6.07, 6.45) is 3.78. The van der Waals surface area contributed by atoms with Gasteiger partial charge in [0.2, 0.25) is 5.91 Å². The molecule has 7 heteroatoms. The molecule has 0 aromatic heterocycles. The highest BCUT2D eigenvalue weighted by Crippen LogP contribution is 2.32. The highest BCUT2D eigenvalue weighted by atomic mass is 32.2. The van der Waals surface area contributed by atoms with Crippen molar-refractivity contribution in [3.63, 3.8) is 0 Å². The van der Waals surface area contributed by atoms with E-state index >= 15 is 0 Å². The van der Waals surface area contributed by atoms with E-state index in [1.165, 1.54) is 23.8 Å². The normalized spacial score (nSPS) is 15.7. The maximum atomic E-state index is 12.7. The van der Waals surface area contributed by atoms with Crippen LogP contribution in [0.2, 0.25) is 0 Å². The highest BCUT2D eigenvalue weighted by molar-refractivity contribution is 8.26. The highest BCUT2D eigenvalue weighted by Gasteiger charge is 2.33. The Balaban J connectivity index is 1.68. The first kappa shape index (κ1) is 20.8. The fourth-order valence-electron chi connectivity index (χ4n) is 2.78. The number of methoxy groups -OCH3 is 1. The summed E-state index contributed by atoms with van der Waals surface area (Å²) < 4.78 is 5.59. The molecule has 1 aliphatic rings. The number of allylic oxidation sites excluding steroid dienone is 2.